The van der Waals surface area contributed by atoms with Crippen molar-refractivity contribution >= 4 is 33.5 Å². The summed E-state index contributed by atoms with van der Waals surface area (Å²) in [5.74, 6) is 0.821. The Morgan fingerprint density at radius 1 is 1.38 bits per heavy atom. The number of hydrogen-bond acceptors (Lipinski definition) is 6. The van der Waals surface area contributed by atoms with Crippen molar-refractivity contribution in [2.24, 2.45) is 10.9 Å². The molecule has 11 heteroatoms. The number of hydrogen-bond donors (Lipinski definition) is 2. The average molecular weight is 437 g/mol. The van der Waals surface area contributed by atoms with Gasteiger partial charge in [-0.15, -0.1) is 5.10 Å². The number of aromatic nitrogens is 5. The molecule has 2 atom stereocenters. The highest BCUT2D eigenvalue weighted by atomic mass is 35.5. The summed E-state index contributed by atoms with van der Waals surface area (Å²) >= 11 is 4.96. The quantitative estimate of drug-likeness (QED) is 0.597. The van der Waals surface area contributed by atoms with Crippen LogP contribution in [-0.2, 0) is 0 Å². The van der Waals surface area contributed by atoms with Gasteiger partial charge in [-0.1, -0.05) is 27.9 Å². The van der Waals surface area contributed by atoms with Crippen molar-refractivity contribution in [1.29, 1.82) is 0 Å². The van der Waals surface area contributed by atoms with E-state index in [4.69, 9.17) is 16.3 Å². The second-order valence-electron chi connectivity index (χ2n) is 6.97. The lowest BCUT2D eigenvalue weighted by molar-refractivity contribution is 0.262. The van der Waals surface area contributed by atoms with Crippen LogP contribution in [0.3, 0.4) is 0 Å². The first-order valence-electron chi connectivity index (χ1n) is 9.03. The van der Waals surface area contributed by atoms with Gasteiger partial charge in [0, 0.05) is 12.0 Å². The van der Waals surface area contributed by atoms with Crippen LogP contribution >= 0.6 is 22.7 Å². The van der Waals surface area contributed by atoms with Gasteiger partial charge < -0.3 is 9.84 Å². The zero-order valence-corrected chi connectivity index (χ0v) is 17.3. The zero-order valence-electron chi connectivity index (χ0n) is 15.6. The summed E-state index contributed by atoms with van der Waals surface area (Å²) in [5.41, 5.74) is 0.129. The minimum Gasteiger partial charge on any atom is -0.495 e. The molecule has 3 heterocycles. The number of benzene rings is 1. The molecule has 8 nitrogen and oxygen atoms in total. The van der Waals surface area contributed by atoms with Crippen molar-refractivity contribution in [2.75, 3.05) is 7.11 Å². The monoisotopic (exact) mass is 436 g/mol. The van der Waals surface area contributed by atoms with Gasteiger partial charge in [-0.2, -0.15) is 0 Å². The fraction of sp³-hybridized carbons (Fsp3) is 0.333. The molecule has 1 N–H and O–H groups in total. The molecule has 5 rings (SSSR count). The van der Waals surface area contributed by atoms with E-state index in [0.29, 0.717) is 17.3 Å². The topological polar surface area (TPSA) is 90.3 Å². The van der Waals surface area contributed by atoms with Crippen molar-refractivity contribution < 1.29 is 14.2 Å². The number of nitrogens with zero attached hydrogens (tertiary/aromatic N) is 6. The summed E-state index contributed by atoms with van der Waals surface area (Å²) in [6.07, 6.45) is 5.52. The standard InChI is InChI=1S/C18H18ClFN6O2S/c1-9-16(23-24-26(9)13-5-11(19)14(28-2)6-12(13)20)18(27)29-17(10-3-4-10)22-15-7-21-8-25(15)29/h5-8,10,18,27,29H,3-4H2,1-2H3. The van der Waals surface area contributed by atoms with E-state index in [1.165, 1.54) is 23.9 Å². The third-order valence-corrected chi connectivity index (χ3v) is 7.81. The Morgan fingerprint density at radius 3 is 2.90 bits per heavy atom. The second kappa shape index (κ2) is 6.82. The summed E-state index contributed by atoms with van der Waals surface area (Å²) in [6, 6.07) is 2.63. The van der Waals surface area contributed by atoms with Crippen molar-refractivity contribution in [3.8, 4) is 11.4 Å². The first-order chi connectivity index (χ1) is 14.0. The van der Waals surface area contributed by atoms with Gasteiger partial charge in [-0.25, -0.2) is 19.0 Å². The molecule has 0 saturated heterocycles. The molecule has 29 heavy (non-hydrogen) atoms. The molecule has 2 aromatic heterocycles. The second-order valence-corrected chi connectivity index (χ2v) is 9.44. The highest BCUT2D eigenvalue weighted by Crippen LogP contribution is 2.56. The van der Waals surface area contributed by atoms with Crippen LogP contribution in [0.1, 0.15) is 29.7 Å². The van der Waals surface area contributed by atoms with Crippen molar-refractivity contribution in [2.45, 2.75) is 25.2 Å². The molecule has 1 aromatic carbocycles. The maximum atomic E-state index is 14.6. The Labute approximate surface area is 173 Å². The molecule has 1 aliphatic heterocycles. The maximum Gasteiger partial charge on any atom is 0.162 e. The number of aliphatic hydroxyl groups is 1. The molecule has 152 valence electrons. The number of ether oxygens (including phenoxy) is 1. The average Bonchev–Trinajstić information content (AvgIpc) is 3.16. The lowest BCUT2D eigenvalue weighted by Crippen LogP contribution is -2.13. The zero-order chi connectivity index (χ0) is 20.3. The number of rotatable bonds is 5. The Hall–Kier alpha value is -2.43. The molecular weight excluding hydrogens is 419 g/mol. The maximum absolute atomic E-state index is 14.6. The van der Waals surface area contributed by atoms with Gasteiger partial charge in [0.2, 0.25) is 0 Å². The van der Waals surface area contributed by atoms with Crippen LogP contribution in [0.15, 0.2) is 29.6 Å². The predicted molar refractivity (Wildman–Crippen MR) is 109 cm³/mol. The molecule has 2 unspecified atom stereocenters. The van der Waals surface area contributed by atoms with Gasteiger partial charge in [0.15, 0.2) is 11.6 Å². The van der Waals surface area contributed by atoms with Crippen molar-refractivity contribution in [3.63, 3.8) is 0 Å². The fourth-order valence-electron chi connectivity index (χ4n) is 3.43. The van der Waals surface area contributed by atoms with E-state index in [1.807, 2.05) is 3.97 Å². The van der Waals surface area contributed by atoms with Gasteiger partial charge in [-0.3, -0.25) is 3.97 Å². The molecule has 1 fully saturated rings. The third kappa shape index (κ3) is 2.93. The summed E-state index contributed by atoms with van der Waals surface area (Å²) in [5, 5.41) is 20.7. The van der Waals surface area contributed by atoms with Crippen molar-refractivity contribution in [3.05, 3.63) is 46.9 Å². The van der Waals surface area contributed by atoms with E-state index in [1.54, 1.807) is 19.4 Å². The molecule has 1 saturated carbocycles. The molecule has 0 radical (unpaired) electrons. The predicted octanol–water partition coefficient (Wildman–Crippen LogP) is 3.48. The number of thiol groups is 1. The van der Waals surface area contributed by atoms with Gasteiger partial charge in [0.25, 0.3) is 0 Å². The van der Waals surface area contributed by atoms with Gasteiger partial charge in [0.1, 0.15) is 28.9 Å². The number of aliphatic hydroxyl groups excluding tert-OH is 1. The van der Waals surface area contributed by atoms with E-state index in [0.717, 1.165) is 23.7 Å². The lowest BCUT2D eigenvalue weighted by atomic mass is 10.2. The lowest BCUT2D eigenvalue weighted by Gasteiger charge is -2.25. The van der Waals surface area contributed by atoms with Crippen LogP contribution in [0.4, 0.5) is 10.2 Å². The summed E-state index contributed by atoms with van der Waals surface area (Å²) in [7, 11) is 1.42. The largest absolute Gasteiger partial charge is 0.495 e. The van der Waals surface area contributed by atoms with Gasteiger partial charge >= 0.3 is 0 Å². The summed E-state index contributed by atoms with van der Waals surface area (Å²) in [4.78, 5) is 8.82. The number of aliphatic imine (C=N–C) groups is 1. The minimum absolute atomic E-state index is 0.137. The van der Waals surface area contributed by atoms with Crippen LogP contribution in [0, 0.1) is 18.7 Å². The third-order valence-electron chi connectivity index (χ3n) is 5.10. The van der Waals surface area contributed by atoms with Gasteiger partial charge in [0.05, 0.1) is 29.1 Å². The van der Waals surface area contributed by atoms with Crippen LogP contribution in [-0.4, -0.2) is 41.2 Å². The van der Waals surface area contributed by atoms with E-state index in [2.05, 4.69) is 20.3 Å². The van der Waals surface area contributed by atoms with Crippen LogP contribution < -0.4 is 4.74 Å². The fourth-order valence-corrected chi connectivity index (χ4v) is 6.17. The Morgan fingerprint density at radius 2 is 2.17 bits per heavy atom. The number of imidazole rings is 1. The Kier molecular flexibility index (Phi) is 4.37. The van der Waals surface area contributed by atoms with Crippen LogP contribution in [0.25, 0.3) is 5.69 Å². The van der Waals surface area contributed by atoms with E-state index >= 15 is 0 Å². The van der Waals surface area contributed by atoms with Crippen LogP contribution in [0.2, 0.25) is 5.02 Å². The Balaban J connectivity index is 1.53. The molecule has 0 amide bonds. The molecule has 1 aliphatic carbocycles. The molecule has 0 spiro atoms. The van der Waals surface area contributed by atoms with E-state index in [-0.39, 0.29) is 16.5 Å². The molecular formula is C18H18ClFN6O2S. The SMILES string of the molecule is COc1cc(F)c(-n2nnc(C(O)[SH]3C(C4CC4)=Nc4cncn43)c2C)cc1Cl. The molecule has 2 aliphatic rings. The molecule has 0 bridgehead atoms. The number of halogens is 2. The smallest absolute Gasteiger partial charge is 0.162 e. The highest BCUT2D eigenvalue weighted by molar-refractivity contribution is 8.29. The highest BCUT2D eigenvalue weighted by Gasteiger charge is 2.40. The summed E-state index contributed by atoms with van der Waals surface area (Å²) < 4.78 is 22.9. The first kappa shape index (κ1) is 18.6. The molecule has 3 aromatic rings. The Bertz CT molecular complexity index is 1140. The first-order valence-corrected chi connectivity index (χ1v) is 10.8. The van der Waals surface area contributed by atoms with Crippen LogP contribution in [0.5, 0.6) is 5.75 Å². The van der Waals surface area contributed by atoms with Gasteiger partial charge in [-0.05, 0) is 25.8 Å². The summed E-state index contributed by atoms with van der Waals surface area (Å²) in [6.45, 7) is 1.74. The normalized spacial score (nSPS) is 20.4. The number of fused-ring (bicyclic) bond motifs is 1. The van der Waals surface area contributed by atoms with E-state index in [9.17, 15) is 9.50 Å². The van der Waals surface area contributed by atoms with Crippen molar-refractivity contribution in [1.82, 2.24) is 24.0 Å². The van der Waals surface area contributed by atoms with E-state index < -0.39 is 22.3 Å². The minimum atomic E-state index is -1.19. The number of methoxy groups -OCH3 is 1.